The Hall–Kier alpha value is -3.72. The Morgan fingerprint density at radius 2 is 1.63 bits per heavy atom. The van der Waals surface area contributed by atoms with Crippen molar-refractivity contribution in [3.8, 4) is 5.75 Å². The molecule has 1 aromatic heterocycles. The van der Waals surface area contributed by atoms with Gasteiger partial charge in [0.05, 0.1) is 11.2 Å². The number of ether oxygens (including phenoxy) is 2. The van der Waals surface area contributed by atoms with Crippen LogP contribution >= 0.6 is 11.8 Å². The van der Waals surface area contributed by atoms with Crippen LogP contribution in [-0.4, -0.2) is 16.6 Å². The molecule has 5 nitrogen and oxygen atoms in total. The van der Waals surface area contributed by atoms with E-state index in [2.05, 4.69) is 10.3 Å². The van der Waals surface area contributed by atoms with Crippen LogP contribution in [0, 0.1) is 6.92 Å². The quantitative estimate of drug-likeness (QED) is 0.268. The molecular weight excluding hydrogens is 477 g/mol. The minimum absolute atomic E-state index is 0.0236. The molecule has 9 heteroatoms. The number of para-hydroxylation sites is 1. The van der Waals surface area contributed by atoms with Gasteiger partial charge in [-0.25, -0.2) is 9.78 Å². The van der Waals surface area contributed by atoms with E-state index in [1.807, 2.05) is 61.5 Å². The third kappa shape index (κ3) is 6.66. The topological polar surface area (TPSA) is 60.5 Å². The predicted molar refractivity (Wildman–Crippen MR) is 129 cm³/mol. The van der Waals surface area contributed by atoms with Crippen LogP contribution in [0.1, 0.15) is 16.8 Å². The van der Waals surface area contributed by atoms with Crippen molar-refractivity contribution in [1.82, 2.24) is 4.98 Å². The van der Waals surface area contributed by atoms with Crippen LogP contribution in [0.15, 0.2) is 83.8 Å². The van der Waals surface area contributed by atoms with Crippen molar-refractivity contribution in [2.45, 2.75) is 30.5 Å². The largest absolute Gasteiger partial charge is 0.488 e. The van der Waals surface area contributed by atoms with Gasteiger partial charge in [-0.2, -0.15) is 13.2 Å². The molecule has 0 aliphatic heterocycles. The molecule has 0 aliphatic rings. The molecule has 0 saturated carbocycles. The number of thioether (sulfide) groups is 1. The van der Waals surface area contributed by atoms with Gasteiger partial charge in [-0.15, -0.1) is 0 Å². The number of benzene rings is 3. The molecule has 1 amide bonds. The number of hydrogen-bond donors (Lipinski definition) is 1. The summed E-state index contributed by atoms with van der Waals surface area (Å²) in [5.41, 5.74) is -1.04. The first-order valence-electron chi connectivity index (χ1n) is 10.6. The summed E-state index contributed by atoms with van der Waals surface area (Å²) in [7, 11) is 0. The van der Waals surface area contributed by atoms with Gasteiger partial charge in [0.25, 0.3) is 0 Å². The molecule has 35 heavy (non-hydrogen) atoms. The number of amides is 1. The molecule has 0 unspecified atom stereocenters. The van der Waals surface area contributed by atoms with Gasteiger partial charge < -0.3 is 9.47 Å². The summed E-state index contributed by atoms with van der Waals surface area (Å²) in [4.78, 5) is 16.9. The van der Waals surface area contributed by atoms with Crippen molar-refractivity contribution in [3.63, 3.8) is 0 Å². The zero-order valence-corrected chi connectivity index (χ0v) is 19.5. The summed E-state index contributed by atoms with van der Waals surface area (Å²) in [6.07, 6.45) is -0.748. The summed E-state index contributed by atoms with van der Waals surface area (Å²) in [5.74, 6) is 0.663. The molecule has 0 bridgehead atoms. The standard InChI is InChI=1S/C26H21F3N2O3S/c1-17-23(16-34-25(32)30-19-11-13-20(14-12-19)35-26(27,28)29)31-22-10-6-5-9-21(22)24(17)33-15-18-7-3-2-4-8-18/h2-14H,15-16H2,1H3,(H,30,32). The number of rotatable bonds is 7. The lowest BCUT2D eigenvalue weighted by molar-refractivity contribution is -0.0328. The fourth-order valence-corrected chi connectivity index (χ4v) is 3.95. The molecule has 1 heterocycles. The zero-order valence-electron chi connectivity index (χ0n) is 18.6. The number of alkyl halides is 3. The second kappa shape index (κ2) is 10.7. The molecule has 4 rings (SSSR count). The summed E-state index contributed by atoms with van der Waals surface area (Å²) in [6.45, 7) is 2.12. The first-order chi connectivity index (χ1) is 16.8. The van der Waals surface area contributed by atoms with Gasteiger partial charge in [0, 0.05) is 21.5 Å². The molecule has 4 aromatic rings. The Bertz CT molecular complexity index is 1310. The second-order valence-electron chi connectivity index (χ2n) is 7.58. The number of carbonyl (C=O) groups excluding carboxylic acids is 1. The number of carbonyl (C=O) groups is 1. The monoisotopic (exact) mass is 498 g/mol. The lowest BCUT2D eigenvalue weighted by Crippen LogP contribution is -2.14. The molecular formula is C26H21F3N2O3S. The number of aromatic nitrogens is 1. The van der Waals surface area contributed by atoms with Crippen molar-refractivity contribution < 1.29 is 27.4 Å². The van der Waals surface area contributed by atoms with Crippen LogP contribution < -0.4 is 10.1 Å². The third-order valence-corrected chi connectivity index (χ3v) is 5.82. The Labute approximate surface area is 204 Å². The van der Waals surface area contributed by atoms with Gasteiger partial charge >= 0.3 is 11.6 Å². The van der Waals surface area contributed by atoms with E-state index in [9.17, 15) is 18.0 Å². The Morgan fingerprint density at radius 3 is 2.34 bits per heavy atom. The average Bonchev–Trinajstić information content (AvgIpc) is 2.83. The first kappa shape index (κ1) is 24.4. The SMILES string of the molecule is Cc1c(COC(=O)Nc2ccc(SC(F)(F)F)cc2)nc2ccccc2c1OCc1ccccc1. The summed E-state index contributed by atoms with van der Waals surface area (Å²) in [6, 6.07) is 22.6. The van der Waals surface area contributed by atoms with Gasteiger partial charge in [0.2, 0.25) is 0 Å². The van der Waals surface area contributed by atoms with E-state index in [4.69, 9.17) is 9.47 Å². The molecule has 1 N–H and O–H groups in total. The normalized spacial score (nSPS) is 11.3. The molecule has 0 radical (unpaired) electrons. The number of halogens is 3. The second-order valence-corrected chi connectivity index (χ2v) is 8.72. The van der Waals surface area contributed by atoms with Crippen LogP contribution in [0.2, 0.25) is 0 Å². The first-order valence-corrected chi connectivity index (χ1v) is 11.4. The highest BCUT2D eigenvalue weighted by Gasteiger charge is 2.29. The van der Waals surface area contributed by atoms with E-state index in [0.717, 1.165) is 16.5 Å². The van der Waals surface area contributed by atoms with Crippen LogP contribution in [0.5, 0.6) is 5.75 Å². The van der Waals surface area contributed by atoms with E-state index in [1.165, 1.54) is 24.3 Å². The maximum atomic E-state index is 12.5. The molecule has 0 spiro atoms. The van der Waals surface area contributed by atoms with Gasteiger partial charge in [-0.05, 0) is 60.6 Å². The lowest BCUT2D eigenvalue weighted by atomic mass is 10.1. The Morgan fingerprint density at radius 1 is 0.943 bits per heavy atom. The molecule has 3 aromatic carbocycles. The van der Waals surface area contributed by atoms with Crippen LogP contribution in [0.3, 0.4) is 0 Å². The van der Waals surface area contributed by atoms with Crippen molar-refractivity contribution in [2.75, 3.05) is 5.32 Å². The minimum Gasteiger partial charge on any atom is -0.488 e. The minimum atomic E-state index is -4.37. The summed E-state index contributed by atoms with van der Waals surface area (Å²) < 4.78 is 48.9. The van der Waals surface area contributed by atoms with Crippen LogP contribution in [0.4, 0.5) is 23.7 Å². The van der Waals surface area contributed by atoms with E-state index in [-0.39, 0.29) is 23.3 Å². The smallest absolute Gasteiger partial charge is 0.446 e. The summed E-state index contributed by atoms with van der Waals surface area (Å²) in [5, 5.41) is 3.36. The fourth-order valence-electron chi connectivity index (χ4n) is 3.41. The highest BCUT2D eigenvalue weighted by atomic mass is 32.2. The summed E-state index contributed by atoms with van der Waals surface area (Å²) >= 11 is -0.222. The third-order valence-electron chi connectivity index (χ3n) is 5.08. The maximum absolute atomic E-state index is 12.5. The van der Waals surface area contributed by atoms with E-state index < -0.39 is 11.6 Å². The molecule has 0 saturated heterocycles. The van der Waals surface area contributed by atoms with Crippen molar-refractivity contribution in [1.29, 1.82) is 0 Å². The Balaban J connectivity index is 1.45. The highest BCUT2D eigenvalue weighted by Crippen LogP contribution is 2.37. The number of anilines is 1. The van der Waals surface area contributed by atoms with Gasteiger partial charge in [0.1, 0.15) is 19.0 Å². The van der Waals surface area contributed by atoms with Crippen molar-refractivity contribution >= 4 is 34.4 Å². The fraction of sp³-hybridized carbons (Fsp3) is 0.154. The molecule has 180 valence electrons. The van der Waals surface area contributed by atoms with E-state index >= 15 is 0 Å². The van der Waals surface area contributed by atoms with Gasteiger partial charge in [-0.1, -0.05) is 42.5 Å². The van der Waals surface area contributed by atoms with Crippen molar-refractivity contribution in [2.24, 2.45) is 0 Å². The van der Waals surface area contributed by atoms with Crippen LogP contribution in [0.25, 0.3) is 10.9 Å². The van der Waals surface area contributed by atoms with E-state index in [1.54, 1.807) is 0 Å². The predicted octanol–water partition coefficient (Wildman–Crippen LogP) is 7.48. The average molecular weight is 499 g/mol. The Kier molecular flexibility index (Phi) is 7.45. The number of hydrogen-bond acceptors (Lipinski definition) is 5. The van der Waals surface area contributed by atoms with Gasteiger partial charge in [0.15, 0.2) is 0 Å². The number of nitrogens with zero attached hydrogens (tertiary/aromatic N) is 1. The lowest BCUT2D eigenvalue weighted by Gasteiger charge is -2.16. The maximum Gasteiger partial charge on any atom is 0.446 e. The molecule has 0 fully saturated rings. The highest BCUT2D eigenvalue weighted by molar-refractivity contribution is 8.00. The number of nitrogens with one attached hydrogen (secondary N) is 1. The van der Waals surface area contributed by atoms with Crippen LogP contribution in [-0.2, 0) is 18.0 Å². The number of pyridine rings is 1. The molecule has 0 atom stereocenters. The zero-order chi connectivity index (χ0) is 24.8. The molecule has 0 aliphatic carbocycles. The number of fused-ring (bicyclic) bond motifs is 1. The van der Waals surface area contributed by atoms with Crippen molar-refractivity contribution in [3.05, 3.63) is 95.7 Å². The van der Waals surface area contributed by atoms with E-state index in [0.29, 0.717) is 29.3 Å². The van der Waals surface area contributed by atoms with Gasteiger partial charge in [-0.3, -0.25) is 5.32 Å².